The molecule has 0 saturated carbocycles. The molecule has 0 radical (unpaired) electrons. The average molecular weight is 337 g/mol. The quantitative estimate of drug-likeness (QED) is 0.467. The molecule has 1 aliphatic rings. The Kier molecular flexibility index (Phi) is 5.57. The monoisotopic (exact) mass is 337 g/mol. The van der Waals surface area contributed by atoms with Crippen LogP contribution in [0.5, 0.6) is 5.75 Å². The van der Waals surface area contributed by atoms with Gasteiger partial charge in [-0.3, -0.25) is 9.69 Å². The van der Waals surface area contributed by atoms with Gasteiger partial charge in [0.25, 0.3) is 5.91 Å². The van der Waals surface area contributed by atoms with E-state index in [9.17, 15) is 9.59 Å². The topological polar surface area (TPSA) is 55.8 Å². The normalized spacial score (nSPS) is 16.3. The van der Waals surface area contributed by atoms with Crippen molar-refractivity contribution in [1.82, 2.24) is 4.90 Å². The van der Waals surface area contributed by atoms with Crippen molar-refractivity contribution in [2.45, 2.75) is 6.92 Å². The van der Waals surface area contributed by atoms with E-state index in [2.05, 4.69) is 4.74 Å². The number of carbonyl (C=O) groups is 2. The number of benzene rings is 1. The molecule has 2 rings (SSSR count). The van der Waals surface area contributed by atoms with Crippen LogP contribution in [0, 0.1) is 0 Å². The molecule has 0 bridgehead atoms. The zero-order valence-corrected chi connectivity index (χ0v) is 13.8. The summed E-state index contributed by atoms with van der Waals surface area (Å²) in [4.78, 5) is 25.5. The molecular formula is C15H15NO4S2. The molecule has 0 spiro atoms. The smallest absolute Gasteiger partial charge is 0.343 e. The maximum absolute atomic E-state index is 12.2. The van der Waals surface area contributed by atoms with Gasteiger partial charge < -0.3 is 9.47 Å². The van der Waals surface area contributed by atoms with E-state index >= 15 is 0 Å². The zero-order chi connectivity index (χ0) is 16.1. The first-order valence-corrected chi connectivity index (χ1v) is 7.83. The Bertz CT molecular complexity index is 642. The Balaban J connectivity index is 2.23. The van der Waals surface area contributed by atoms with Crippen LogP contribution >= 0.6 is 24.0 Å². The van der Waals surface area contributed by atoms with Gasteiger partial charge in [-0.05, 0) is 19.1 Å². The summed E-state index contributed by atoms with van der Waals surface area (Å²) in [5.74, 6) is -0.0675. The van der Waals surface area contributed by atoms with Crippen molar-refractivity contribution in [2.75, 3.05) is 20.3 Å². The Morgan fingerprint density at radius 3 is 2.77 bits per heavy atom. The highest BCUT2D eigenvalue weighted by Gasteiger charge is 2.30. The first kappa shape index (κ1) is 16.5. The highest BCUT2D eigenvalue weighted by Crippen LogP contribution is 2.33. The van der Waals surface area contributed by atoms with Gasteiger partial charge >= 0.3 is 5.97 Å². The second-order valence-corrected chi connectivity index (χ2v) is 6.00. The van der Waals surface area contributed by atoms with Gasteiger partial charge in [-0.1, -0.05) is 42.2 Å². The summed E-state index contributed by atoms with van der Waals surface area (Å²) in [5.41, 5.74) is 0.711. The van der Waals surface area contributed by atoms with Crippen molar-refractivity contribution in [1.29, 1.82) is 0 Å². The lowest BCUT2D eigenvalue weighted by molar-refractivity contribution is -0.142. The molecule has 1 aliphatic heterocycles. The molecule has 5 nitrogen and oxygen atoms in total. The van der Waals surface area contributed by atoms with Crippen molar-refractivity contribution >= 4 is 46.3 Å². The minimum atomic E-state index is -0.466. The highest BCUT2D eigenvalue weighted by molar-refractivity contribution is 8.26. The van der Waals surface area contributed by atoms with Gasteiger partial charge in [0.15, 0.2) is 6.61 Å². The largest absolute Gasteiger partial charge is 0.481 e. The molecule has 1 aromatic carbocycles. The molecule has 1 aromatic rings. The number of thiocarbonyl (C=S) groups is 1. The van der Waals surface area contributed by atoms with Crippen LogP contribution in [0.15, 0.2) is 29.2 Å². The first-order chi connectivity index (χ1) is 10.6. The van der Waals surface area contributed by atoms with Gasteiger partial charge in [-0.15, -0.1) is 0 Å². The van der Waals surface area contributed by atoms with E-state index in [-0.39, 0.29) is 12.5 Å². The van der Waals surface area contributed by atoms with Crippen LogP contribution in [0.4, 0.5) is 0 Å². The molecule has 0 atom stereocenters. The number of likely N-dealkylation sites (N-methyl/N-ethyl adjacent to an activating group) is 1. The number of hydrogen-bond donors (Lipinski definition) is 0. The van der Waals surface area contributed by atoms with E-state index in [1.165, 1.54) is 18.9 Å². The van der Waals surface area contributed by atoms with E-state index in [4.69, 9.17) is 17.0 Å². The summed E-state index contributed by atoms with van der Waals surface area (Å²) in [7, 11) is 1.30. The molecule has 0 N–H and O–H groups in total. The molecule has 0 aliphatic carbocycles. The van der Waals surface area contributed by atoms with E-state index in [0.29, 0.717) is 27.1 Å². The number of amides is 1. The molecule has 1 amide bonds. The fourth-order valence-electron chi connectivity index (χ4n) is 1.84. The summed E-state index contributed by atoms with van der Waals surface area (Å²) in [6, 6.07) is 7.17. The molecule has 1 saturated heterocycles. The maximum atomic E-state index is 12.2. The number of ether oxygens (including phenoxy) is 2. The Morgan fingerprint density at radius 2 is 2.14 bits per heavy atom. The van der Waals surface area contributed by atoms with E-state index < -0.39 is 5.97 Å². The van der Waals surface area contributed by atoms with Crippen molar-refractivity contribution < 1.29 is 19.1 Å². The Labute approximate surface area is 138 Å². The lowest BCUT2D eigenvalue weighted by atomic mass is 10.2. The minimum absolute atomic E-state index is 0.111. The van der Waals surface area contributed by atoms with Crippen LogP contribution in [-0.4, -0.2) is 41.4 Å². The summed E-state index contributed by atoms with van der Waals surface area (Å²) in [6.07, 6.45) is 1.72. The van der Waals surface area contributed by atoms with Crippen LogP contribution < -0.4 is 4.74 Å². The number of thioether (sulfide) groups is 1. The van der Waals surface area contributed by atoms with Crippen molar-refractivity contribution in [3.63, 3.8) is 0 Å². The third kappa shape index (κ3) is 3.66. The maximum Gasteiger partial charge on any atom is 0.343 e. The predicted octanol–water partition coefficient (Wildman–Crippen LogP) is 2.46. The summed E-state index contributed by atoms with van der Waals surface area (Å²) in [6.45, 7) is 2.24. The molecule has 1 fully saturated rings. The Morgan fingerprint density at radius 1 is 1.41 bits per heavy atom. The fourth-order valence-corrected chi connectivity index (χ4v) is 3.22. The summed E-state index contributed by atoms with van der Waals surface area (Å²) >= 11 is 6.44. The third-order valence-electron chi connectivity index (χ3n) is 2.97. The minimum Gasteiger partial charge on any atom is -0.481 e. The molecule has 116 valence electrons. The van der Waals surface area contributed by atoms with Crippen LogP contribution in [0.3, 0.4) is 0 Å². The van der Waals surface area contributed by atoms with Crippen molar-refractivity contribution in [3.05, 3.63) is 34.7 Å². The zero-order valence-electron chi connectivity index (χ0n) is 12.2. The molecule has 0 unspecified atom stereocenters. The molecule has 7 heteroatoms. The third-order valence-corrected chi connectivity index (χ3v) is 4.35. The molecule has 1 heterocycles. The second-order valence-electron chi connectivity index (χ2n) is 4.33. The molecule has 0 aromatic heterocycles. The molecule has 22 heavy (non-hydrogen) atoms. The van der Waals surface area contributed by atoms with Crippen LogP contribution in [-0.2, 0) is 14.3 Å². The van der Waals surface area contributed by atoms with Crippen molar-refractivity contribution in [3.8, 4) is 5.75 Å². The Hall–Kier alpha value is -1.86. The standard InChI is InChI=1S/C15H15NO4S2/c1-3-16-14(18)12(22-15(16)21)8-10-6-4-5-7-11(10)20-9-13(17)19-2/h4-8H,3,9H2,1-2H3/b12-8-. The van der Waals surface area contributed by atoms with Gasteiger partial charge in [0, 0.05) is 12.1 Å². The van der Waals surface area contributed by atoms with E-state index in [1.807, 2.05) is 19.1 Å². The summed E-state index contributed by atoms with van der Waals surface area (Å²) in [5, 5.41) is 0. The van der Waals surface area contributed by atoms with Crippen LogP contribution in [0.25, 0.3) is 6.08 Å². The first-order valence-electron chi connectivity index (χ1n) is 6.60. The van der Waals surface area contributed by atoms with Gasteiger partial charge in [0.05, 0.1) is 12.0 Å². The number of para-hydroxylation sites is 1. The number of carbonyl (C=O) groups excluding carboxylic acids is 2. The van der Waals surface area contributed by atoms with Crippen molar-refractivity contribution in [2.24, 2.45) is 0 Å². The highest BCUT2D eigenvalue weighted by atomic mass is 32.2. The van der Waals surface area contributed by atoms with E-state index in [1.54, 1.807) is 23.1 Å². The van der Waals surface area contributed by atoms with Gasteiger partial charge in [0.1, 0.15) is 10.1 Å². The number of methoxy groups -OCH3 is 1. The second kappa shape index (κ2) is 7.42. The predicted molar refractivity (Wildman–Crippen MR) is 89.5 cm³/mol. The van der Waals surface area contributed by atoms with Gasteiger partial charge in [0.2, 0.25) is 0 Å². The van der Waals surface area contributed by atoms with Gasteiger partial charge in [-0.2, -0.15) is 0 Å². The molecular weight excluding hydrogens is 322 g/mol. The number of nitrogens with zero attached hydrogens (tertiary/aromatic N) is 1. The SMILES string of the molecule is CCN1C(=O)/C(=C/c2ccccc2OCC(=O)OC)SC1=S. The van der Waals surface area contributed by atoms with Crippen LogP contribution in [0.2, 0.25) is 0 Å². The number of hydrogen-bond acceptors (Lipinski definition) is 6. The lowest BCUT2D eigenvalue weighted by Gasteiger charge is -2.10. The van der Waals surface area contributed by atoms with E-state index in [0.717, 1.165) is 0 Å². The van der Waals surface area contributed by atoms with Crippen LogP contribution in [0.1, 0.15) is 12.5 Å². The fraction of sp³-hybridized carbons (Fsp3) is 0.267. The average Bonchev–Trinajstić information content (AvgIpc) is 2.79. The number of esters is 1. The lowest BCUT2D eigenvalue weighted by Crippen LogP contribution is -2.27. The number of rotatable bonds is 5. The van der Waals surface area contributed by atoms with Gasteiger partial charge in [-0.25, -0.2) is 4.79 Å². The summed E-state index contributed by atoms with van der Waals surface area (Å²) < 4.78 is 10.5.